The molecule has 4 nitrogen and oxygen atoms in total. The summed E-state index contributed by atoms with van der Waals surface area (Å²) in [5.74, 6) is -0.814. The van der Waals surface area contributed by atoms with Crippen LogP contribution in [0.1, 0.15) is 40.6 Å². The van der Waals surface area contributed by atoms with Crippen molar-refractivity contribution >= 4 is 17.6 Å². The number of benzene rings is 1. The first kappa shape index (κ1) is 15.7. The Balaban J connectivity index is 2.16. The van der Waals surface area contributed by atoms with Crippen molar-refractivity contribution in [2.24, 2.45) is 0 Å². The molecule has 1 N–H and O–H groups in total. The molecule has 1 saturated carbocycles. The highest BCUT2D eigenvalue weighted by atomic mass is 35.5. The molecule has 3 rings (SSSR count). The molecule has 0 aliphatic heterocycles. The number of halogens is 4. The van der Waals surface area contributed by atoms with E-state index >= 15 is 0 Å². The smallest absolute Gasteiger partial charge is 0.416 e. The molecule has 23 heavy (non-hydrogen) atoms. The highest BCUT2D eigenvalue weighted by molar-refractivity contribution is 6.33. The summed E-state index contributed by atoms with van der Waals surface area (Å²) < 4.78 is 38.6. The van der Waals surface area contributed by atoms with E-state index in [0.717, 1.165) is 31.0 Å². The molecule has 1 aliphatic carbocycles. The number of carboxylic acids is 1. The van der Waals surface area contributed by atoms with Gasteiger partial charge < -0.3 is 5.11 Å². The molecule has 120 valence electrons. The standard InChI is InChI=1S/C15H10ClF3N2O2/c16-11-4-3-8(15(17,18)19)5-9(11)10-6-20-13(7-1-2-7)21-12(10)14(22)23/h3-7H,1-2H2,(H,22,23). The fourth-order valence-electron chi connectivity index (χ4n) is 2.20. The van der Waals surface area contributed by atoms with Crippen LogP contribution in [0, 0.1) is 0 Å². The van der Waals surface area contributed by atoms with Gasteiger partial charge in [-0.1, -0.05) is 11.6 Å². The Morgan fingerprint density at radius 1 is 1.26 bits per heavy atom. The third kappa shape index (κ3) is 3.14. The third-order valence-electron chi connectivity index (χ3n) is 3.54. The van der Waals surface area contributed by atoms with Crippen LogP contribution in [-0.4, -0.2) is 21.0 Å². The quantitative estimate of drug-likeness (QED) is 0.898. The van der Waals surface area contributed by atoms with E-state index in [0.29, 0.717) is 5.82 Å². The second-order valence-corrected chi connectivity index (χ2v) is 5.67. The van der Waals surface area contributed by atoms with E-state index in [1.165, 1.54) is 6.20 Å². The van der Waals surface area contributed by atoms with Crippen LogP contribution < -0.4 is 0 Å². The zero-order valence-corrected chi connectivity index (χ0v) is 12.3. The summed E-state index contributed by atoms with van der Waals surface area (Å²) in [7, 11) is 0. The van der Waals surface area contributed by atoms with E-state index in [1.54, 1.807) is 0 Å². The van der Waals surface area contributed by atoms with E-state index in [-0.39, 0.29) is 27.8 Å². The second kappa shape index (κ2) is 5.49. The first-order chi connectivity index (χ1) is 10.8. The van der Waals surface area contributed by atoms with Gasteiger partial charge in [0.25, 0.3) is 0 Å². The minimum Gasteiger partial charge on any atom is -0.476 e. The van der Waals surface area contributed by atoms with Gasteiger partial charge in [-0.15, -0.1) is 0 Å². The fraction of sp³-hybridized carbons (Fsp3) is 0.267. The summed E-state index contributed by atoms with van der Waals surface area (Å²) in [6.45, 7) is 0. The van der Waals surface area contributed by atoms with Crippen molar-refractivity contribution in [2.75, 3.05) is 0 Å². The lowest BCUT2D eigenvalue weighted by atomic mass is 10.0. The number of rotatable bonds is 3. The van der Waals surface area contributed by atoms with E-state index in [9.17, 15) is 23.1 Å². The molecule has 1 heterocycles. The van der Waals surface area contributed by atoms with Crippen LogP contribution in [0.5, 0.6) is 0 Å². The van der Waals surface area contributed by atoms with Crippen molar-refractivity contribution in [3.8, 4) is 11.1 Å². The molecule has 0 amide bonds. The van der Waals surface area contributed by atoms with Crippen molar-refractivity contribution in [2.45, 2.75) is 24.9 Å². The summed E-state index contributed by atoms with van der Waals surface area (Å²) in [6, 6.07) is 2.73. The molecule has 2 aromatic rings. The van der Waals surface area contributed by atoms with Gasteiger partial charge in [0.2, 0.25) is 0 Å². The number of alkyl halides is 3. The second-order valence-electron chi connectivity index (χ2n) is 5.26. The predicted octanol–water partition coefficient (Wildman–Crippen LogP) is 4.39. The molecule has 0 atom stereocenters. The van der Waals surface area contributed by atoms with Crippen LogP contribution in [0.25, 0.3) is 11.1 Å². The number of hydrogen-bond acceptors (Lipinski definition) is 3. The summed E-state index contributed by atoms with van der Waals surface area (Å²) in [4.78, 5) is 19.5. The molecule has 0 spiro atoms. The average Bonchev–Trinajstić information content (AvgIpc) is 3.30. The lowest BCUT2D eigenvalue weighted by Gasteiger charge is -2.12. The van der Waals surface area contributed by atoms with Gasteiger partial charge in [-0.3, -0.25) is 0 Å². The molecule has 0 saturated heterocycles. The number of carboxylic acid groups (broad SMARTS) is 1. The van der Waals surface area contributed by atoms with Gasteiger partial charge in [-0.05, 0) is 31.0 Å². The van der Waals surface area contributed by atoms with E-state index in [1.807, 2.05) is 0 Å². The van der Waals surface area contributed by atoms with Crippen molar-refractivity contribution in [3.05, 3.63) is 46.5 Å². The van der Waals surface area contributed by atoms with Crippen molar-refractivity contribution in [1.29, 1.82) is 0 Å². The highest BCUT2D eigenvalue weighted by Gasteiger charge is 2.32. The maximum Gasteiger partial charge on any atom is 0.416 e. The molecule has 0 bridgehead atoms. The van der Waals surface area contributed by atoms with Crippen LogP contribution in [0.4, 0.5) is 13.2 Å². The van der Waals surface area contributed by atoms with Gasteiger partial charge in [0.15, 0.2) is 5.69 Å². The zero-order valence-electron chi connectivity index (χ0n) is 11.6. The number of nitrogens with zero attached hydrogens (tertiary/aromatic N) is 2. The Morgan fingerprint density at radius 2 is 1.96 bits per heavy atom. The van der Waals surface area contributed by atoms with E-state index in [2.05, 4.69) is 9.97 Å². The minimum atomic E-state index is -4.56. The largest absolute Gasteiger partial charge is 0.476 e. The zero-order chi connectivity index (χ0) is 16.8. The Bertz CT molecular complexity index is 789. The van der Waals surface area contributed by atoms with Crippen molar-refractivity contribution in [1.82, 2.24) is 9.97 Å². The summed E-state index contributed by atoms with van der Waals surface area (Å²) in [5.41, 5.74) is -1.35. The summed E-state index contributed by atoms with van der Waals surface area (Å²) in [5, 5.41) is 9.32. The average molecular weight is 343 g/mol. The van der Waals surface area contributed by atoms with Crippen LogP contribution >= 0.6 is 11.6 Å². The summed E-state index contributed by atoms with van der Waals surface area (Å²) in [6.07, 6.45) is -1.57. The monoisotopic (exact) mass is 342 g/mol. The van der Waals surface area contributed by atoms with Crippen LogP contribution in [0.15, 0.2) is 24.4 Å². The Hall–Kier alpha value is -2.15. The summed E-state index contributed by atoms with van der Waals surface area (Å²) >= 11 is 5.96. The van der Waals surface area contributed by atoms with Gasteiger partial charge in [0.05, 0.1) is 5.56 Å². The molecule has 0 radical (unpaired) electrons. The van der Waals surface area contributed by atoms with Gasteiger partial charge >= 0.3 is 12.1 Å². The van der Waals surface area contributed by atoms with Crippen molar-refractivity contribution < 1.29 is 23.1 Å². The molecule has 8 heteroatoms. The maximum absolute atomic E-state index is 12.9. The number of aromatic nitrogens is 2. The van der Waals surface area contributed by atoms with Crippen LogP contribution in [-0.2, 0) is 6.18 Å². The molecular weight excluding hydrogens is 333 g/mol. The lowest BCUT2D eigenvalue weighted by molar-refractivity contribution is -0.137. The molecule has 1 fully saturated rings. The van der Waals surface area contributed by atoms with E-state index in [4.69, 9.17) is 11.6 Å². The first-order valence-corrected chi connectivity index (χ1v) is 7.12. The van der Waals surface area contributed by atoms with E-state index < -0.39 is 17.7 Å². The molecule has 1 aromatic heterocycles. The Morgan fingerprint density at radius 3 is 2.52 bits per heavy atom. The molecule has 0 unspecified atom stereocenters. The van der Waals surface area contributed by atoms with Gasteiger partial charge in [-0.25, -0.2) is 14.8 Å². The third-order valence-corrected chi connectivity index (χ3v) is 3.87. The van der Waals surface area contributed by atoms with Gasteiger partial charge in [0, 0.05) is 28.3 Å². The SMILES string of the molecule is O=C(O)c1nc(C2CC2)ncc1-c1cc(C(F)(F)F)ccc1Cl. The number of aromatic carboxylic acids is 1. The van der Waals surface area contributed by atoms with Gasteiger partial charge in [-0.2, -0.15) is 13.2 Å². The normalized spacial score (nSPS) is 14.8. The first-order valence-electron chi connectivity index (χ1n) is 6.74. The predicted molar refractivity (Wildman–Crippen MR) is 76.4 cm³/mol. The Kier molecular flexibility index (Phi) is 3.75. The Labute approximate surface area is 134 Å². The lowest BCUT2D eigenvalue weighted by Crippen LogP contribution is -2.09. The van der Waals surface area contributed by atoms with Gasteiger partial charge in [0.1, 0.15) is 5.82 Å². The molecule has 1 aliphatic rings. The maximum atomic E-state index is 12.9. The van der Waals surface area contributed by atoms with Crippen LogP contribution in [0.2, 0.25) is 5.02 Å². The molecular formula is C15H10ClF3N2O2. The minimum absolute atomic E-state index is 0.00303. The topological polar surface area (TPSA) is 63.1 Å². The highest BCUT2D eigenvalue weighted by Crippen LogP contribution is 2.40. The number of carbonyl (C=O) groups is 1. The fourth-order valence-corrected chi connectivity index (χ4v) is 2.42. The molecule has 1 aromatic carbocycles. The number of hydrogen-bond donors (Lipinski definition) is 1. The van der Waals surface area contributed by atoms with Crippen molar-refractivity contribution in [3.63, 3.8) is 0 Å². The van der Waals surface area contributed by atoms with Crippen LogP contribution in [0.3, 0.4) is 0 Å².